The molecule has 2 aliphatic rings. The van der Waals surface area contributed by atoms with Crippen molar-refractivity contribution in [3.63, 3.8) is 0 Å². The molecule has 14 heteroatoms. The van der Waals surface area contributed by atoms with Crippen molar-refractivity contribution in [2.45, 2.75) is 22.9 Å². The molecule has 0 saturated carbocycles. The van der Waals surface area contributed by atoms with Crippen LogP contribution in [0.15, 0.2) is 76.5 Å². The molecule has 5 rings (SSSR count). The maximum Gasteiger partial charge on any atom is 0.338 e. The van der Waals surface area contributed by atoms with E-state index in [9.17, 15) is 26.4 Å². The fraction of sp³-hybridized carbons (Fsp3) is 0.286. The summed E-state index contributed by atoms with van der Waals surface area (Å²) in [6.45, 7) is 1.02. The summed E-state index contributed by atoms with van der Waals surface area (Å²) in [6.07, 6.45) is 0. The number of methoxy groups -OCH3 is 1. The first kappa shape index (κ1) is 29.5. The summed E-state index contributed by atoms with van der Waals surface area (Å²) in [7, 11) is -5.06. The van der Waals surface area contributed by atoms with Gasteiger partial charge in [-0.15, -0.1) is 0 Å². The molecule has 0 atom stereocenters. The summed E-state index contributed by atoms with van der Waals surface area (Å²) in [5.41, 5.74) is 1.51. The number of fused-ring (bicyclic) bond motifs is 1. The second kappa shape index (κ2) is 11.7. The molecule has 0 bridgehead atoms. The predicted molar refractivity (Wildman–Crippen MR) is 153 cm³/mol. The molecule has 1 N–H and O–H groups in total. The summed E-state index contributed by atoms with van der Waals surface area (Å²) in [5, 5.41) is 2.77. The number of anilines is 1. The predicted octanol–water partition coefficient (Wildman–Crippen LogP) is 2.41. The Bertz CT molecular complexity index is 1700. The Morgan fingerprint density at radius 2 is 1.62 bits per heavy atom. The quantitative estimate of drug-likeness (QED) is 0.408. The lowest BCUT2D eigenvalue weighted by Crippen LogP contribution is -2.48. The summed E-state index contributed by atoms with van der Waals surface area (Å²) in [4.78, 5) is 27.1. The molecule has 222 valence electrons. The van der Waals surface area contributed by atoms with Crippen LogP contribution in [0.5, 0.6) is 5.75 Å². The van der Waals surface area contributed by atoms with Gasteiger partial charge in [-0.05, 0) is 53.6 Å². The van der Waals surface area contributed by atoms with E-state index in [2.05, 4.69) is 5.32 Å². The van der Waals surface area contributed by atoms with Crippen LogP contribution in [-0.2, 0) is 37.9 Å². The van der Waals surface area contributed by atoms with Crippen LogP contribution in [-0.4, -0.2) is 77.8 Å². The SMILES string of the molecule is COc1ccc(CNC(=O)c2ccc3c(c2)S(=O)(=O)N(Cc2ccc(S(=O)(=O)N4CCOCC4)cc2)C(=O)N3C)cc1. The van der Waals surface area contributed by atoms with E-state index in [1.54, 1.807) is 31.4 Å². The number of urea groups is 1. The number of ether oxygens (including phenoxy) is 2. The van der Waals surface area contributed by atoms with Crippen molar-refractivity contribution in [1.29, 1.82) is 0 Å². The minimum Gasteiger partial charge on any atom is -0.497 e. The van der Waals surface area contributed by atoms with Gasteiger partial charge in [0.25, 0.3) is 15.9 Å². The summed E-state index contributed by atoms with van der Waals surface area (Å²) in [5.74, 6) is 0.203. The smallest absolute Gasteiger partial charge is 0.338 e. The molecule has 3 amide bonds. The zero-order valence-corrected chi connectivity index (χ0v) is 24.7. The number of morpholine rings is 1. The number of nitrogens with zero attached hydrogens (tertiary/aromatic N) is 3. The first-order valence-electron chi connectivity index (χ1n) is 13.0. The number of carbonyl (C=O) groups excluding carboxylic acids is 2. The highest BCUT2D eigenvalue weighted by Crippen LogP contribution is 2.35. The number of sulfonamides is 2. The zero-order chi connectivity index (χ0) is 30.1. The lowest BCUT2D eigenvalue weighted by atomic mass is 10.1. The van der Waals surface area contributed by atoms with Crippen LogP contribution < -0.4 is 15.0 Å². The molecular formula is C28H30N4O8S2. The maximum absolute atomic E-state index is 13.6. The Morgan fingerprint density at radius 3 is 2.26 bits per heavy atom. The van der Waals surface area contributed by atoms with E-state index in [1.807, 2.05) is 0 Å². The van der Waals surface area contributed by atoms with Gasteiger partial charge in [0.2, 0.25) is 10.0 Å². The van der Waals surface area contributed by atoms with Crippen molar-refractivity contribution < 1.29 is 35.9 Å². The Hall–Kier alpha value is -3.98. The van der Waals surface area contributed by atoms with Crippen LogP contribution in [0.2, 0.25) is 0 Å². The monoisotopic (exact) mass is 614 g/mol. The van der Waals surface area contributed by atoms with E-state index >= 15 is 0 Å². The van der Waals surface area contributed by atoms with Crippen molar-refractivity contribution >= 4 is 37.7 Å². The molecular weight excluding hydrogens is 584 g/mol. The molecule has 2 heterocycles. The van der Waals surface area contributed by atoms with Gasteiger partial charge in [0.05, 0.1) is 37.5 Å². The lowest BCUT2D eigenvalue weighted by molar-refractivity contribution is 0.0730. The standard InChI is InChI=1S/C28H30N4O8S2/c1-30-25-12-7-22(27(33)29-18-20-3-8-23(39-2)9-4-20)17-26(25)42(37,38)32(28(30)34)19-21-5-10-24(11-6-21)41(35,36)31-13-15-40-16-14-31/h3-12,17H,13-16,18-19H2,1-2H3,(H,29,33). The Morgan fingerprint density at radius 1 is 0.976 bits per heavy atom. The summed E-state index contributed by atoms with van der Waals surface area (Å²) >= 11 is 0. The van der Waals surface area contributed by atoms with Gasteiger partial charge in [-0.25, -0.2) is 25.9 Å². The number of rotatable bonds is 8. The van der Waals surface area contributed by atoms with Gasteiger partial charge in [0.1, 0.15) is 10.6 Å². The molecule has 0 unspecified atom stereocenters. The Balaban J connectivity index is 1.34. The van der Waals surface area contributed by atoms with Gasteiger partial charge in [0.15, 0.2) is 0 Å². The van der Waals surface area contributed by atoms with Gasteiger partial charge in [0, 0.05) is 32.2 Å². The van der Waals surface area contributed by atoms with Crippen LogP contribution in [0.4, 0.5) is 10.5 Å². The number of nitrogens with one attached hydrogen (secondary N) is 1. The first-order chi connectivity index (χ1) is 20.0. The molecule has 1 saturated heterocycles. The van der Waals surface area contributed by atoms with Crippen molar-refractivity contribution in [2.75, 3.05) is 45.4 Å². The fourth-order valence-corrected chi connectivity index (χ4v) is 7.72. The van der Waals surface area contributed by atoms with Crippen LogP contribution in [0.3, 0.4) is 0 Å². The summed E-state index contributed by atoms with van der Waals surface area (Å²) < 4.78 is 65.5. The minimum absolute atomic E-state index is 0.0636. The van der Waals surface area contributed by atoms with Crippen LogP contribution >= 0.6 is 0 Å². The average Bonchev–Trinajstić information content (AvgIpc) is 3.01. The topological polar surface area (TPSA) is 143 Å². The molecule has 2 aliphatic heterocycles. The van der Waals surface area contributed by atoms with Crippen molar-refractivity contribution in [1.82, 2.24) is 13.9 Å². The average molecular weight is 615 g/mol. The molecule has 3 aromatic carbocycles. The van der Waals surface area contributed by atoms with Crippen LogP contribution in [0, 0.1) is 0 Å². The highest BCUT2D eigenvalue weighted by Gasteiger charge is 2.40. The Labute approximate surface area is 244 Å². The maximum atomic E-state index is 13.6. The molecule has 1 fully saturated rings. The highest BCUT2D eigenvalue weighted by atomic mass is 32.2. The van der Waals surface area contributed by atoms with Gasteiger partial charge in [-0.2, -0.15) is 4.31 Å². The van der Waals surface area contributed by atoms with Crippen molar-refractivity contribution in [2.24, 2.45) is 0 Å². The second-order valence-corrected chi connectivity index (χ2v) is 13.5. The van der Waals surface area contributed by atoms with Crippen molar-refractivity contribution in [3.8, 4) is 5.75 Å². The van der Waals surface area contributed by atoms with Crippen LogP contribution in [0.1, 0.15) is 21.5 Å². The third kappa shape index (κ3) is 5.70. The zero-order valence-electron chi connectivity index (χ0n) is 23.0. The Kier molecular flexibility index (Phi) is 8.23. The van der Waals surface area contributed by atoms with Crippen molar-refractivity contribution in [3.05, 3.63) is 83.4 Å². The number of hydrogen-bond donors (Lipinski definition) is 1. The number of hydrogen-bond acceptors (Lipinski definition) is 8. The molecule has 0 aromatic heterocycles. The molecule has 12 nitrogen and oxygen atoms in total. The summed E-state index contributed by atoms with van der Waals surface area (Å²) in [6, 6.07) is 16.3. The molecule has 3 aromatic rings. The van der Waals surface area contributed by atoms with E-state index in [1.165, 1.54) is 58.7 Å². The molecule has 42 heavy (non-hydrogen) atoms. The minimum atomic E-state index is -4.34. The van der Waals surface area contributed by atoms with E-state index < -0.39 is 32.0 Å². The van der Waals surface area contributed by atoms with Gasteiger partial charge < -0.3 is 14.8 Å². The van der Waals surface area contributed by atoms with Crippen LogP contribution in [0.25, 0.3) is 0 Å². The van der Waals surface area contributed by atoms with E-state index in [0.717, 1.165) is 5.56 Å². The van der Waals surface area contributed by atoms with E-state index in [4.69, 9.17) is 9.47 Å². The van der Waals surface area contributed by atoms with Gasteiger partial charge in [-0.1, -0.05) is 24.3 Å². The molecule has 0 aliphatic carbocycles. The third-order valence-corrected chi connectivity index (χ3v) is 10.8. The van der Waals surface area contributed by atoms with Gasteiger partial charge >= 0.3 is 6.03 Å². The first-order valence-corrected chi connectivity index (χ1v) is 15.9. The third-order valence-electron chi connectivity index (χ3n) is 7.12. The fourth-order valence-electron chi connectivity index (χ4n) is 4.68. The van der Waals surface area contributed by atoms with Gasteiger partial charge in [-0.3, -0.25) is 9.69 Å². The molecule has 0 spiro atoms. The number of carbonyl (C=O) groups is 2. The van der Waals surface area contributed by atoms with E-state index in [-0.39, 0.29) is 47.2 Å². The number of amides is 3. The normalized spacial score (nSPS) is 17.0. The van der Waals surface area contributed by atoms with E-state index in [0.29, 0.717) is 28.8 Å². The number of benzene rings is 3. The highest BCUT2D eigenvalue weighted by molar-refractivity contribution is 7.90. The molecule has 0 radical (unpaired) electrons. The second-order valence-electron chi connectivity index (χ2n) is 9.73. The lowest BCUT2D eigenvalue weighted by Gasteiger charge is -2.34. The largest absolute Gasteiger partial charge is 0.497 e.